The Morgan fingerprint density at radius 3 is 1.28 bits per heavy atom. The van der Waals surface area contributed by atoms with Crippen molar-refractivity contribution in [2.24, 2.45) is 26.8 Å². The fourth-order valence-electron chi connectivity index (χ4n) is 15.7. The van der Waals surface area contributed by atoms with Crippen LogP contribution in [0.15, 0.2) is 161 Å². The van der Waals surface area contributed by atoms with Crippen LogP contribution in [0.4, 0.5) is 45.5 Å². The van der Waals surface area contributed by atoms with Crippen LogP contribution >= 0.6 is 0 Å². The smallest absolute Gasteiger partial charge is 0.264 e. The van der Waals surface area contributed by atoms with Gasteiger partial charge in [-0.15, -0.1) is 18.9 Å². The number of phenols is 1. The number of aliphatic imine (C=N–C) groups is 3. The van der Waals surface area contributed by atoms with Gasteiger partial charge in [-0.3, -0.25) is 77.0 Å². The third-order valence-electron chi connectivity index (χ3n) is 23.8. The molecule has 27 nitrogen and oxygen atoms in total. The normalized spacial score (nSPS) is 16.9. The predicted molar refractivity (Wildman–Crippen MR) is 514 cm³/mol. The van der Waals surface area contributed by atoms with E-state index >= 15 is 0 Å². The van der Waals surface area contributed by atoms with E-state index in [4.69, 9.17) is 55.5 Å². The number of ether oxygens (including phenoxy) is 4. The lowest BCUT2D eigenvalue weighted by atomic mass is 9.99. The van der Waals surface area contributed by atoms with Crippen LogP contribution in [0.25, 0.3) is 0 Å². The van der Waals surface area contributed by atoms with E-state index < -0.39 is 34.0 Å². The molecule has 14 rings (SSSR count). The number of aromatic hydroxyl groups is 1. The van der Waals surface area contributed by atoms with Gasteiger partial charge in [-0.1, -0.05) is 132 Å². The molecule has 5 N–H and O–H groups in total. The Morgan fingerprint density at radius 2 is 0.876 bits per heavy atom. The summed E-state index contributed by atoms with van der Waals surface area (Å²) in [7, 11) is -1.17. The molecule has 0 fully saturated rings. The van der Waals surface area contributed by atoms with Gasteiger partial charge >= 0.3 is 0 Å². The molecular formula is C97H110N10O17S5. The summed E-state index contributed by atoms with van der Waals surface area (Å²) in [5.74, 6) is -1.96. The van der Waals surface area contributed by atoms with Gasteiger partial charge in [0.15, 0.2) is 34.6 Å². The second-order valence-corrected chi connectivity index (χ2v) is 43.0. The minimum Gasteiger partial charge on any atom is -0.504 e. The van der Waals surface area contributed by atoms with Crippen molar-refractivity contribution in [3.05, 3.63) is 207 Å². The fourth-order valence-corrected chi connectivity index (χ4v) is 17.3. The number of phenolic OH excluding ortho intramolecular Hbond substituents is 1. The Morgan fingerprint density at radius 1 is 0.512 bits per heavy atom. The monoisotopic (exact) mass is 1850 g/mol. The maximum atomic E-state index is 14.1. The van der Waals surface area contributed by atoms with Crippen LogP contribution < -0.4 is 54.9 Å². The number of hydrogen-bond acceptors (Lipinski definition) is 22. The predicted octanol–water partition coefficient (Wildman–Crippen LogP) is 14.8. The van der Waals surface area contributed by atoms with Gasteiger partial charge in [0.2, 0.25) is 23.6 Å². The van der Waals surface area contributed by atoms with Crippen LogP contribution in [-0.4, -0.2) is 158 Å². The summed E-state index contributed by atoms with van der Waals surface area (Å²) in [4.78, 5) is 138. The summed E-state index contributed by atoms with van der Waals surface area (Å²) in [6.45, 7) is 18.5. The van der Waals surface area contributed by atoms with E-state index in [1.165, 1.54) is 20.3 Å². The van der Waals surface area contributed by atoms with Crippen molar-refractivity contribution in [1.29, 1.82) is 0 Å². The number of carbonyl (C=O) groups is 9. The van der Waals surface area contributed by atoms with Crippen molar-refractivity contribution in [3.63, 3.8) is 0 Å². The third kappa shape index (κ3) is 23.6. The summed E-state index contributed by atoms with van der Waals surface area (Å²) >= 11 is 10.8. The first-order valence-corrected chi connectivity index (χ1v) is 49.6. The zero-order chi connectivity index (χ0) is 93.3. The first-order chi connectivity index (χ1) is 61.2. The van der Waals surface area contributed by atoms with E-state index in [0.717, 1.165) is 57.6 Å². The highest BCUT2D eigenvalue weighted by Gasteiger charge is 2.41. The van der Waals surface area contributed by atoms with E-state index in [-0.39, 0.29) is 156 Å². The number of hydrogen-bond donors (Lipinski definition) is 5. The molecule has 8 aromatic carbocycles. The molecule has 0 spiro atoms. The third-order valence-corrected chi connectivity index (χ3v) is 30.6. The van der Waals surface area contributed by atoms with Crippen LogP contribution in [0.3, 0.4) is 0 Å². The maximum absolute atomic E-state index is 14.1. The standard InChI is InChI=1S/C56H58N6O8S2.C24H38N2O6S3.C17H14N2O3/c1-32-18-42-44(57-28-40-23-37-12-8-10-14-46(37)61(40)54(42)66)26-49(32)69-30-35-20-36(22-39(21-35)60-53(65)33(2)19-48(63)34(3)59-52(64)16-17-56(4,5)72(7)71)31-70-51-27-45-43(25-50(51)68-6)55(67)62-41(29-58-45)24-38-13-9-11-15-47(38)62;1-8-18-12-19(15-32-35(7,30)31)14-20(13-18)26-23(29)16(2)11-21(27)17(3)25-22(28)9-10-24(4,5)34(6)33;1-22-16-7-12-13(8-15(16)20)18-9-11-6-10-4-2-3-5-14(10)19(11)17(12)21/h8-15,18,20-22,25-29,33-34,40-41H,16-17,19,23-24,30-31H2,1-7H3,(H,59,64)(H,60,65);12-14,16-17H,8-11,15H2,1-7H3,(H,25,28)(H,26,29);2-5,7-9,11,20H,6H2,1H3/t33-,34+,40+,41+,72?;16-,17+,34?;11-/m110/s1. The molecule has 129 heavy (non-hydrogen) atoms. The van der Waals surface area contributed by atoms with Gasteiger partial charge in [0.1, 0.15) is 19.0 Å². The Kier molecular flexibility index (Phi) is 31.0. The second-order valence-electron chi connectivity index (χ2n) is 34.4. The molecule has 6 aliphatic heterocycles. The summed E-state index contributed by atoms with van der Waals surface area (Å²) < 4.78 is 50.9. The molecule has 0 aromatic heterocycles. The van der Waals surface area contributed by atoms with Gasteiger partial charge in [0.25, 0.3) is 27.8 Å². The van der Waals surface area contributed by atoms with E-state index in [9.17, 15) is 56.7 Å². The van der Waals surface area contributed by atoms with Crippen molar-refractivity contribution >= 4 is 168 Å². The second kappa shape index (κ2) is 41.5. The molecule has 0 bridgehead atoms. The zero-order valence-electron chi connectivity index (χ0n) is 75.0. The maximum Gasteiger partial charge on any atom is 0.264 e. The van der Waals surface area contributed by atoms with Gasteiger partial charge in [-0.25, -0.2) is 0 Å². The van der Waals surface area contributed by atoms with Gasteiger partial charge in [-0.05, 0) is 164 Å². The molecule has 32 heteroatoms. The van der Waals surface area contributed by atoms with Crippen molar-refractivity contribution in [2.75, 3.05) is 58.3 Å². The van der Waals surface area contributed by atoms with Crippen LogP contribution in [0.2, 0.25) is 0 Å². The number of anilines is 5. The molecule has 7 amide bonds. The molecule has 6 heterocycles. The number of rotatable bonds is 32. The minimum atomic E-state index is -3.60. The van der Waals surface area contributed by atoms with Crippen LogP contribution in [-0.2, 0) is 130 Å². The highest BCUT2D eigenvalue weighted by atomic mass is 32.8. The number of nitrogens with zero attached hydrogens (tertiary/aromatic N) is 6. The molecule has 8 aromatic rings. The molecule has 0 aliphatic carbocycles. The Bertz CT molecular complexity index is 5990. The molecule has 2 unspecified atom stereocenters. The number of para-hydroxylation sites is 3. The Hall–Kier alpha value is -11.6. The number of aryl methyl sites for hydroxylation is 2. The molecule has 6 aliphatic rings. The number of nitrogens with one attached hydrogen (secondary N) is 4. The van der Waals surface area contributed by atoms with E-state index in [1.807, 2.05) is 156 Å². The molecule has 0 saturated heterocycles. The largest absolute Gasteiger partial charge is 0.504 e. The lowest BCUT2D eigenvalue weighted by molar-refractivity contribution is -0.129. The summed E-state index contributed by atoms with van der Waals surface area (Å²) in [5.41, 5.74) is 13.3. The van der Waals surface area contributed by atoms with Gasteiger partial charge in [-0.2, -0.15) is 8.42 Å². The molecular weight excluding hydrogens is 1740 g/mol. The first kappa shape index (κ1) is 96.5. The Labute approximate surface area is 767 Å². The lowest BCUT2D eigenvalue weighted by Crippen LogP contribution is -2.40. The average molecular weight is 1850 g/mol. The van der Waals surface area contributed by atoms with Crippen molar-refractivity contribution < 1.29 is 79.8 Å². The van der Waals surface area contributed by atoms with Gasteiger partial charge < -0.3 is 45.3 Å². The number of fused-ring (bicyclic) bond motifs is 12. The number of carbonyl (C=O) groups excluding carboxylic acids is 9. The van der Waals surface area contributed by atoms with Crippen molar-refractivity contribution in [1.82, 2.24) is 10.6 Å². The van der Waals surface area contributed by atoms with Crippen molar-refractivity contribution in [2.45, 2.75) is 193 Å². The van der Waals surface area contributed by atoms with Gasteiger partial charge in [0, 0.05) is 132 Å². The number of Topliss-reactive ketones (excluding diaryl/α,β-unsaturated/α-hetero) is 2. The van der Waals surface area contributed by atoms with Crippen LogP contribution in [0.1, 0.15) is 176 Å². The van der Waals surface area contributed by atoms with Crippen LogP contribution in [0.5, 0.6) is 28.7 Å². The van der Waals surface area contributed by atoms with E-state index in [0.29, 0.717) is 111 Å². The van der Waals surface area contributed by atoms with Crippen LogP contribution in [0, 0.1) is 18.8 Å². The highest BCUT2D eigenvalue weighted by molar-refractivity contribution is 8.29. The molecule has 680 valence electrons. The zero-order valence-corrected chi connectivity index (χ0v) is 79.1. The number of methoxy groups -OCH3 is 2. The summed E-state index contributed by atoms with van der Waals surface area (Å²) in [6.07, 6.45) is 14.7. The van der Waals surface area contributed by atoms with E-state index in [2.05, 4.69) is 26.3 Å². The quantitative estimate of drug-likeness (QED) is 0.0245. The van der Waals surface area contributed by atoms with Crippen molar-refractivity contribution in [3.8, 4) is 28.7 Å². The highest BCUT2D eigenvalue weighted by Crippen LogP contribution is 2.45. The first-order valence-electron chi connectivity index (χ1n) is 42.6. The summed E-state index contributed by atoms with van der Waals surface area (Å²) in [5, 5.41) is 21.2. The molecule has 0 saturated carbocycles. The fraction of sp³-hybridized carbons (Fsp3) is 0.381. The van der Waals surface area contributed by atoms with E-state index in [1.54, 1.807) is 98.5 Å². The molecule has 9 atom stereocenters. The lowest BCUT2D eigenvalue weighted by Gasteiger charge is -2.24. The topological polar surface area (TPSA) is 349 Å². The number of amides is 7. The number of benzene rings is 8. The summed E-state index contributed by atoms with van der Waals surface area (Å²) in [6, 6.07) is 42.4. The molecule has 0 radical (unpaired) electrons. The Balaban J connectivity index is 0.000000216. The minimum absolute atomic E-state index is 0.0198. The SMILES string of the molecule is CCc1cc(COS(C)(=O)=O)cc(NC(=O)[C@H](C)CC(=O)[C@H](C)NC(=O)CCC(C)(C)S(C)=S)c1.COc1cc2c(cc1O)N=C[C@@H]1Cc3ccccc3N1C2=O.COc1cc2c(cc1OCc1cc(COc3cc4c(cc3C)C(=O)N3c5ccccc5C[C@H]3C=N4)cc(NC(=O)[C@H](C)CC(=O)[C@H](C)NC(=O)CCC(C)(C)S(C)=S)c1)N=C[C@@H]1Cc3ccccc3N1C2=O. The number of ketones is 2. The average Bonchev–Trinajstić information content (AvgIpc) is 1.62. The van der Waals surface area contributed by atoms with Gasteiger partial charge in [0.05, 0.1) is 91.0 Å².